The summed E-state index contributed by atoms with van der Waals surface area (Å²) in [6, 6.07) is 25.3. The summed E-state index contributed by atoms with van der Waals surface area (Å²) in [5, 5.41) is 11.6. The van der Waals surface area contributed by atoms with Gasteiger partial charge in [-0.25, -0.2) is 0 Å². The molecule has 2 aromatic heterocycles. The van der Waals surface area contributed by atoms with Crippen LogP contribution in [0.3, 0.4) is 0 Å². The van der Waals surface area contributed by atoms with Crippen molar-refractivity contribution >= 4 is 21.9 Å². The number of rotatable bonds is 3. The van der Waals surface area contributed by atoms with E-state index in [1.807, 2.05) is 93.6 Å². The summed E-state index contributed by atoms with van der Waals surface area (Å²) in [7, 11) is 0. The van der Waals surface area contributed by atoms with E-state index < -0.39 is 11.8 Å². The predicted molar refractivity (Wildman–Crippen MR) is 130 cm³/mol. The van der Waals surface area contributed by atoms with E-state index in [0.717, 1.165) is 27.8 Å². The zero-order valence-corrected chi connectivity index (χ0v) is 18.3. The lowest BCUT2D eigenvalue weighted by molar-refractivity contribution is 0.412. The van der Waals surface area contributed by atoms with Crippen LogP contribution in [0.5, 0.6) is 0 Å². The first kappa shape index (κ1) is 17.7. The molecule has 32 heavy (non-hydrogen) atoms. The molecule has 0 bridgehead atoms. The van der Waals surface area contributed by atoms with E-state index in [-0.39, 0.29) is 0 Å². The maximum atomic E-state index is 10.2. The summed E-state index contributed by atoms with van der Waals surface area (Å²) >= 11 is 0. The summed E-state index contributed by atoms with van der Waals surface area (Å²) < 4.78 is 24.5. The van der Waals surface area contributed by atoms with Crippen LogP contribution < -0.4 is 0 Å². The summed E-state index contributed by atoms with van der Waals surface area (Å²) in [4.78, 5) is 4.50. The lowest BCUT2D eigenvalue weighted by Gasteiger charge is -2.19. The molecule has 0 saturated carbocycles. The fourth-order valence-corrected chi connectivity index (χ4v) is 4.14. The second kappa shape index (κ2) is 7.66. The van der Waals surface area contributed by atoms with Crippen LogP contribution in [0.25, 0.3) is 44.3 Å². The number of nitrogens with zero attached hydrogens (tertiary/aromatic N) is 2. The second-order valence-corrected chi connectivity index (χ2v) is 8.90. The van der Waals surface area contributed by atoms with Gasteiger partial charge >= 0.3 is 0 Å². The fourth-order valence-electron chi connectivity index (χ4n) is 4.14. The van der Waals surface area contributed by atoms with E-state index in [4.69, 9.17) is 7.16 Å². The molecule has 3 aromatic carbocycles. The monoisotopic (exact) mass is 418 g/mol. The Balaban J connectivity index is 1.93. The Morgan fingerprint density at radius 1 is 0.906 bits per heavy atom. The van der Waals surface area contributed by atoms with Crippen molar-refractivity contribution in [1.82, 2.24) is 4.98 Å². The highest BCUT2D eigenvalue weighted by Crippen LogP contribution is 2.42. The standard InChI is InChI=1S/C29H24N2O/c1-29(2,3)17-20-12-13-22(25-11-7-8-16-31-25)28-26(20)23-15-14-21(19-9-5-4-6-10-19)24(18-30)27(23)32-28/h4-16H,17H2,1-3H3/i17D2. The van der Waals surface area contributed by atoms with Gasteiger partial charge < -0.3 is 4.42 Å². The smallest absolute Gasteiger partial charge is 0.153 e. The van der Waals surface area contributed by atoms with E-state index in [1.165, 1.54) is 0 Å². The van der Waals surface area contributed by atoms with Gasteiger partial charge in [-0.1, -0.05) is 69.3 Å². The summed E-state index contributed by atoms with van der Waals surface area (Å²) in [6.45, 7) is 5.67. The molecule has 0 aliphatic carbocycles. The van der Waals surface area contributed by atoms with Crippen LogP contribution in [0.4, 0.5) is 0 Å². The molecule has 0 radical (unpaired) electrons. The number of nitriles is 1. The van der Waals surface area contributed by atoms with Crippen molar-refractivity contribution in [2.45, 2.75) is 27.1 Å². The van der Waals surface area contributed by atoms with Crippen LogP contribution >= 0.6 is 0 Å². The van der Waals surface area contributed by atoms with E-state index in [9.17, 15) is 5.26 Å². The van der Waals surface area contributed by atoms with Gasteiger partial charge in [-0.05, 0) is 47.2 Å². The Kier molecular flexibility index (Phi) is 4.25. The van der Waals surface area contributed by atoms with Crippen LogP contribution in [-0.4, -0.2) is 4.98 Å². The van der Waals surface area contributed by atoms with Gasteiger partial charge in [0.1, 0.15) is 17.2 Å². The van der Waals surface area contributed by atoms with Crippen molar-refractivity contribution in [2.24, 2.45) is 5.41 Å². The lowest BCUT2D eigenvalue weighted by Crippen LogP contribution is -2.09. The molecule has 156 valence electrons. The molecule has 0 unspecified atom stereocenters. The topological polar surface area (TPSA) is 49.8 Å². The van der Waals surface area contributed by atoms with Crippen LogP contribution in [-0.2, 0) is 6.37 Å². The molecule has 0 atom stereocenters. The van der Waals surface area contributed by atoms with E-state index in [1.54, 1.807) is 6.20 Å². The average molecular weight is 419 g/mol. The molecular weight excluding hydrogens is 392 g/mol. The molecule has 0 spiro atoms. The first-order valence-electron chi connectivity index (χ1n) is 11.6. The number of furan rings is 1. The third-order valence-corrected chi connectivity index (χ3v) is 5.44. The molecule has 0 saturated heterocycles. The molecule has 0 aliphatic rings. The number of fused-ring (bicyclic) bond motifs is 3. The lowest BCUT2D eigenvalue weighted by atomic mass is 9.85. The van der Waals surface area contributed by atoms with Crippen molar-refractivity contribution in [3.63, 3.8) is 0 Å². The highest BCUT2D eigenvalue weighted by Gasteiger charge is 2.23. The van der Waals surface area contributed by atoms with Crippen LogP contribution in [0.1, 0.15) is 34.6 Å². The van der Waals surface area contributed by atoms with Gasteiger partial charge in [0, 0.05) is 30.8 Å². The minimum atomic E-state index is -1.64. The number of benzene rings is 3. The summed E-state index contributed by atoms with van der Waals surface area (Å²) in [5.74, 6) is 0. The van der Waals surface area contributed by atoms with Gasteiger partial charge in [0.2, 0.25) is 0 Å². The van der Waals surface area contributed by atoms with Crippen molar-refractivity contribution in [3.05, 3.63) is 90.1 Å². The van der Waals surface area contributed by atoms with Gasteiger partial charge in [0.05, 0.1) is 5.69 Å². The molecule has 0 N–H and O–H groups in total. The third-order valence-electron chi connectivity index (χ3n) is 5.44. The number of hydrogen-bond donors (Lipinski definition) is 0. The van der Waals surface area contributed by atoms with E-state index in [2.05, 4.69) is 11.1 Å². The van der Waals surface area contributed by atoms with Crippen molar-refractivity contribution in [2.75, 3.05) is 0 Å². The van der Waals surface area contributed by atoms with Gasteiger partial charge in [-0.15, -0.1) is 0 Å². The molecular formula is C29H24N2O. The minimum Gasteiger partial charge on any atom is -0.454 e. The summed E-state index contributed by atoms with van der Waals surface area (Å²) in [5.41, 5.74) is 4.55. The molecule has 3 nitrogen and oxygen atoms in total. The van der Waals surface area contributed by atoms with E-state index >= 15 is 0 Å². The van der Waals surface area contributed by atoms with Crippen molar-refractivity contribution in [1.29, 1.82) is 5.26 Å². The van der Waals surface area contributed by atoms with Crippen LogP contribution in [0.15, 0.2) is 83.4 Å². The molecule has 0 aliphatic heterocycles. The minimum absolute atomic E-state index is 0.439. The molecule has 3 heteroatoms. The molecule has 0 fully saturated rings. The Bertz CT molecular complexity index is 1560. The zero-order valence-electron chi connectivity index (χ0n) is 20.3. The largest absolute Gasteiger partial charge is 0.454 e. The molecule has 5 rings (SSSR count). The number of pyridine rings is 1. The maximum absolute atomic E-state index is 10.2. The molecule has 0 amide bonds. The molecule has 2 heterocycles. The Morgan fingerprint density at radius 2 is 1.66 bits per heavy atom. The quantitative estimate of drug-likeness (QED) is 0.301. The summed E-state index contributed by atoms with van der Waals surface area (Å²) in [6.07, 6.45) is 0.0793. The zero-order chi connectivity index (χ0) is 24.1. The van der Waals surface area contributed by atoms with Crippen LogP contribution in [0.2, 0.25) is 0 Å². The van der Waals surface area contributed by atoms with Gasteiger partial charge in [-0.3, -0.25) is 4.98 Å². The first-order valence-corrected chi connectivity index (χ1v) is 10.6. The second-order valence-electron chi connectivity index (χ2n) is 8.90. The SMILES string of the molecule is [2H]C([2H])(c1ccc(-c2ccccn2)c2oc3c(C#N)c(-c4ccccc4)ccc3c12)C(C)(C)C. The first-order chi connectivity index (χ1) is 16.2. The van der Waals surface area contributed by atoms with E-state index in [0.29, 0.717) is 27.7 Å². The van der Waals surface area contributed by atoms with Gasteiger partial charge in [0.15, 0.2) is 5.58 Å². The Labute approximate surface area is 190 Å². The van der Waals surface area contributed by atoms with Gasteiger partial charge in [0.25, 0.3) is 0 Å². The number of aromatic nitrogens is 1. The number of hydrogen-bond acceptors (Lipinski definition) is 3. The predicted octanol–water partition coefficient (Wildman–Crippen LogP) is 7.78. The average Bonchev–Trinajstić information content (AvgIpc) is 3.23. The highest BCUT2D eigenvalue weighted by molar-refractivity contribution is 6.13. The van der Waals surface area contributed by atoms with Crippen molar-refractivity contribution in [3.8, 4) is 28.5 Å². The Morgan fingerprint density at radius 3 is 2.34 bits per heavy atom. The maximum Gasteiger partial charge on any atom is 0.153 e. The normalized spacial score (nSPS) is 13.1. The fraction of sp³-hybridized carbons (Fsp3) is 0.172. The molecule has 5 aromatic rings. The highest BCUT2D eigenvalue weighted by atomic mass is 16.3. The van der Waals surface area contributed by atoms with Crippen LogP contribution in [0, 0.1) is 16.7 Å². The third kappa shape index (κ3) is 3.44. The van der Waals surface area contributed by atoms with Gasteiger partial charge in [-0.2, -0.15) is 5.26 Å². The Hall–Kier alpha value is -3.90. The van der Waals surface area contributed by atoms with Crippen molar-refractivity contribution < 1.29 is 7.16 Å².